The molecule has 2 aromatic heterocycles. The second-order valence-corrected chi connectivity index (χ2v) is 8.40. The molecule has 8 heteroatoms. The average molecular weight is 427 g/mol. The van der Waals surface area contributed by atoms with Crippen molar-refractivity contribution in [2.45, 2.75) is 19.9 Å². The number of aromatic hydroxyl groups is 1. The lowest BCUT2D eigenvalue weighted by Gasteiger charge is -2.23. The van der Waals surface area contributed by atoms with E-state index in [1.165, 1.54) is 22.7 Å². The van der Waals surface area contributed by atoms with E-state index in [1.54, 1.807) is 42.7 Å². The molecule has 148 valence electrons. The molecule has 0 aliphatic carbocycles. The van der Waals surface area contributed by atoms with Gasteiger partial charge in [-0.2, -0.15) is 0 Å². The van der Waals surface area contributed by atoms with Crippen LogP contribution in [0.2, 0.25) is 0 Å². The molecule has 0 fully saturated rings. The third-order valence-corrected chi connectivity index (χ3v) is 6.41. The summed E-state index contributed by atoms with van der Waals surface area (Å²) in [6, 6.07) is 9.91. The van der Waals surface area contributed by atoms with E-state index >= 15 is 0 Å². The fourth-order valence-electron chi connectivity index (χ4n) is 3.27. The highest BCUT2D eigenvalue weighted by atomic mass is 32.1. The van der Waals surface area contributed by atoms with E-state index in [4.69, 9.17) is 4.74 Å². The average Bonchev–Trinajstić information content (AvgIpc) is 3.30. The normalized spacial score (nSPS) is 16.5. The molecule has 0 saturated carbocycles. The molecule has 3 heterocycles. The molecular formula is C21H18N2O4S2. The molecule has 0 amide bonds. The number of hydrogen-bond acceptors (Lipinski definition) is 7. The van der Waals surface area contributed by atoms with Crippen molar-refractivity contribution in [1.29, 1.82) is 0 Å². The van der Waals surface area contributed by atoms with Crippen LogP contribution in [0.3, 0.4) is 0 Å². The molecule has 1 aliphatic rings. The molecule has 1 aliphatic heterocycles. The number of benzene rings is 1. The van der Waals surface area contributed by atoms with Gasteiger partial charge < -0.3 is 9.84 Å². The molecule has 1 N–H and O–H groups in total. The van der Waals surface area contributed by atoms with Gasteiger partial charge in [-0.15, -0.1) is 11.3 Å². The van der Waals surface area contributed by atoms with E-state index in [0.29, 0.717) is 26.2 Å². The number of thiophene rings is 1. The first kappa shape index (κ1) is 19.4. The fraction of sp³-hybridized carbons (Fsp3) is 0.190. The van der Waals surface area contributed by atoms with Crippen LogP contribution in [-0.4, -0.2) is 22.2 Å². The quantitative estimate of drug-likeness (QED) is 0.650. The van der Waals surface area contributed by atoms with E-state index < -0.39 is 12.0 Å². The zero-order valence-electron chi connectivity index (χ0n) is 15.8. The molecule has 29 heavy (non-hydrogen) atoms. The van der Waals surface area contributed by atoms with Gasteiger partial charge in [-0.05, 0) is 49.1 Å². The molecule has 6 nitrogen and oxygen atoms in total. The van der Waals surface area contributed by atoms with Crippen LogP contribution in [-0.2, 0) is 9.53 Å². The highest BCUT2D eigenvalue weighted by Crippen LogP contribution is 2.33. The minimum absolute atomic E-state index is 0.128. The summed E-state index contributed by atoms with van der Waals surface area (Å²) < 4.78 is 7.29. The van der Waals surface area contributed by atoms with E-state index in [-0.39, 0.29) is 17.9 Å². The van der Waals surface area contributed by atoms with Gasteiger partial charge in [0.25, 0.3) is 5.56 Å². The second-order valence-electron chi connectivity index (χ2n) is 6.41. The maximum absolute atomic E-state index is 13.3. The Labute approximate surface area is 174 Å². The zero-order valence-corrected chi connectivity index (χ0v) is 17.4. The number of phenolic OH excluding ortho intramolecular Hbond substituents is 1. The monoisotopic (exact) mass is 426 g/mol. The lowest BCUT2D eigenvalue weighted by molar-refractivity contribution is -0.139. The number of fused-ring (bicyclic) bond motifs is 1. The van der Waals surface area contributed by atoms with Crippen molar-refractivity contribution in [3.63, 3.8) is 0 Å². The Morgan fingerprint density at radius 3 is 2.86 bits per heavy atom. The molecule has 1 unspecified atom stereocenters. The number of thiazole rings is 1. The molecule has 0 radical (unpaired) electrons. The molecule has 1 atom stereocenters. The van der Waals surface area contributed by atoms with Gasteiger partial charge in [0.15, 0.2) is 4.80 Å². The number of carbonyl (C=O) groups is 1. The summed E-state index contributed by atoms with van der Waals surface area (Å²) in [5.74, 6) is -0.335. The van der Waals surface area contributed by atoms with Crippen LogP contribution in [0, 0.1) is 0 Å². The molecule has 0 spiro atoms. The first-order valence-corrected chi connectivity index (χ1v) is 10.7. The Hall–Kier alpha value is -2.97. The minimum atomic E-state index is -0.573. The van der Waals surface area contributed by atoms with Gasteiger partial charge in [0.05, 0.1) is 22.4 Å². The van der Waals surface area contributed by atoms with Crippen LogP contribution >= 0.6 is 22.7 Å². The largest absolute Gasteiger partial charge is 0.508 e. The Bertz CT molecular complexity index is 1280. The van der Waals surface area contributed by atoms with Crippen LogP contribution in [0.4, 0.5) is 0 Å². The van der Waals surface area contributed by atoms with Gasteiger partial charge >= 0.3 is 5.97 Å². The number of nitrogens with zero attached hydrogens (tertiary/aromatic N) is 2. The van der Waals surface area contributed by atoms with Gasteiger partial charge in [-0.3, -0.25) is 9.36 Å². The van der Waals surface area contributed by atoms with Crippen molar-refractivity contribution in [2.24, 2.45) is 4.99 Å². The van der Waals surface area contributed by atoms with Gasteiger partial charge in [-0.1, -0.05) is 29.5 Å². The van der Waals surface area contributed by atoms with E-state index in [0.717, 1.165) is 4.88 Å². The first-order valence-electron chi connectivity index (χ1n) is 9.01. The van der Waals surface area contributed by atoms with Crippen LogP contribution < -0.4 is 14.9 Å². The summed E-state index contributed by atoms with van der Waals surface area (Å²) in [6.45, 7) is 3.76. The van der Waals surface area contributed by atoms with Crippen molar-refractivity contribution < 1.29 is 14.6 Å². The summed E-state index contributed by atoms with van der Waals surface area (Å²) >= 11 is 2.74. The van der Waals surface area contributed by atoms with Crippen molar-refractivity contribution in [2.75, 3.05) is 6.61 Å². The van der Waals surface area contributed by atoms with E-state index in [2.05, 4.69) is 4.99 Å². The van der Waals surface area contributed by atoms with Crippen LogP contribution in [0.25, 0.3) is 6.08 Å². The van der Waals surface area contributed by atoms with E-state index in [1.807, 2.05) is 23.6 Å². The van der Waals surface area contributed by atoms with Crippen LogP contribution in [0.15, 0.2) is 62.8 Å². The number of allylic oxidation sites excluding steroid dienone is 1. The number of ether oxygens (including phenoxy) is 1. The van der Waals surface area contributed by atoms with Crippen molar-refractivity contribution >= 4 is 34.7 Å². The Morgan fingerprint density at radius 1 is 1.34 bits per heavy atom. The van der Waals surface area contributed by atoms with Crippen LogP contribution in [0.5, 0.6) is 5.75 Å². The maximum Gasteiger partial charge on any atom is 0.338 e. The smallest absolute Gasteiger partial charge is 0.338 e. The lowest BCUT2D eigenvalue weighted by atomic mass is 10.0. The number of phenols is 1. The highest BCUT2D eigenvalue weighted by Gasteiger charge is 2.33. The highest BCUT2D eigenvalue weighted by molar-refractivity contribution is 7.10. The predicted octanol–water partition coefficient (Wildman–Crippen LogP) is 2.57. The Balaban J connectivity index is 1.94. The molecule has 1 aromatic carbocycles. The molecule has 4 rings (SSSR count). The Kier molecular flexibility index (Phi) is 5.21. The molecule has 0 bridgehead atoms. The number of hydrogen-bond donors (Lipinski definition) is 1. The van der Waals surface area contributed by atoms with Crippen molar-refractivity contribution in [1.82, 2.24) is 4.57 Å². The summed E-state index contributed by atoms with van der Waals surface area (Å²) in [6.07, 6.45) is 1.72. The molecule has 3 aromatic rings. The molecular weight excluding hydrogens is 408 g/mol. The summed E-state index contributed by atoms with van der Waals surface area (Å²) in [5, 5.41) is 11.6. The maximum atomic E-state index is 13.3. The van der Waals surface area contributed by atoms with Crippen molar-refractivity contribution in [3.05, 3.63) is 83.2 Å². The summed E-state index contributed by atoms with van der Waals surface area (Å²) in [5.41, 5.74) is 1.41. The number of rotatable bonds is 4. The lowest BCUT2D eigenvalue weighted by Crippen LogP contribution is -2.39. The van der Waals surface area contributed by atoms with Gasteiger partial charge in [0, 0.05) is 4.88 Å². The van der Waals surface area contributed by atoms with Gasteiger partial charge in [0.2, 0.25) is 0 Å². The van der Waals surface area contributed by atoms with Crippen LogP contribution in [0.1, 0.15) is 30.3 Å². The predicted molar refractivity (Wildman–Crippen MR) is 113 cm³/mol. The molecule has 0 saturated heterocycles. The number of esters is 1. The second kappa shape index (κ2) is 7.81. The summed E-state index contributed by atoms with van der Waals surface area (Å²) in [7, 11) is 0. The number of carbonyl (C=O) groups excluding carboxylic acids is 1. The van der Waals surface area contributed by atoms with Gasteiger partial charge in [-0.25, -0.2) is 9.79 Å². The number of aromatic nitrogens is 1. The fourth-order valence-corrected chi connectivity index (χ4v) is 5.14. The standard InChI is InChI=1S/C21H18N2O4S2/c1-3-27-20(26)17-12(2)22-21-23(18(17)15-8-5-9-28-15)19(25)16(29-21)11-13-6-4-7-14(24)10-13/h4-11,18,24H,3H2,1-2H3. The SMILES string of the molecule is CCOC(=O)C1=C(C)N=c2sc(=Cc3cccc(O)c3)c(=O)n2C1c1cccs1. The Morgan fingerprint density at radius 2 is 2.17 bits per heavy atom. The first-order chi connectivity index (χ1) is 14.0. The van der Waals surface area contributed by atoms with E-state index in [9.17, 15) is 14.7 Å². The van der Waals surface area contributed by atoms with Crippen molar-refractivity contribution in [3.8, 4) is 5.75 Å². The summed E-state index contributed by atoms with van der Waals surface area (Å²) in [4.78, 5) is 31.9. The minimum Gasteiger partial charge on any atom is -0.508 e. The third-order valence-electron chi connectivity index (χ3n) is 4.50. The zero-order chi connectivity index (χ0) is 20.5. The van der Waals surface area contributed by atoms with Gasteiger partial charge in [0.1, 0.15) is 11.8 Å². The topological polar surface area (TPSA) is 80.9 Å². The third kappa shape index (κ3) is 3.56.